The molecule has 0 aromatic rings. The average Bonchev–Trinajstić information content (AvgIpc) is 2.83. The smallest absolute Gasteiger partial charge is 0.0786 e. The van der Waals surface area contributed by atoms with E-state index in [9.17, 15) is 0 Å². The van der Waals surface area contributed by atoms with Crippen molar-refractivity contribution in [2.45, 2.75) is 182 Å². The molecular formula is C32H68ClN. The number of nitrogens with zero attached hydrogens (tertiary/aromatic N) is 1. The summed E-state index contributed by atoms with van der Waals surface area (Å²) in [6.45, 7) is 15.2. The molecule has 0 heterocycles. The van der Waals surface area contributed by atoms with E-state index in [1.54, 1.807) is 0 Å². The summed E-state index contributed by atoms with van der Waals surface area (Å²) in [5, 5.41) is 0. The number of unbranched alkanes of at least 4 members (excludes halogenated alkanes) is 20. The van der Waals surface area contributed by atoms with Crippen LogP contribution in [0.15, 0.2) is 0 Å². The van der Waals surface area contributed by atoms with E-state index in [-0.39, 0.29) is 12.4 Å². The Labute approximate surface area is 224 Å². The van der Waals surface area contributed by atoms with Crippen LogP contribution in [0.5, 0.6) is 0 Å². The fourth-order valence-corrected chi connectivity index (χ4v) is 5.50. The van der Waals surface area contributed by atoms with Gasteiger partial charge in [-0.1, -0.05) is 150 Å². The van der Waals surface area contributed by atoms with Crippen LogP contribution >= 0.6 is 0 Å². The molecule has 0 aromatic carbocycles. The van der Waals surface area contributed by atoms with Gasteiger partial charge in [0.15, 0.2) is 0 Å². The van der Waals surface area contributed by atoms with Crippen molar-refractivity contribution >= 4 is 0 Å². The standard InChI is InChI=1S/C32H68N.ClH/c1-5-9-13-14-15-16-17-18-19-20-21-22-23-24-25-26-27-28-32-33(29-10-6-2,30-11-7-3)31-12-8-4;/h5-32H2,1-4H3;1H/q+1;/p-1. The molecule has 0 aliphatic heterocycles. The first-order chi connectivity index (χ1) is 16.2. The highest BCUT2D eigenvalue weighted by Gasteiger charge is 2.24. The molecule has 0 fully saturated rings. The van der Waals surface area contributed by atoms with E-state index >= 15 is 0 Å². The predicted octanol–water partition coefficient (Wildman–Crippen LogP) is 8.25. The Balaban J connectivity index is 0. The molecular weight excluding hydrogens is 434 g/mol. The highest BCUT2D eigenvalue weighted by Crippen LogP contribution is 2.18. The van der Waals surface area contributed by atoms with Crippen molar-refractivity contribution < 1.29 is 16.9 Å². The summed E-state index contributed by atoms with van der Waals surface area (Å²) in [5.41, 5.74) is 0. The predicted molar refractivity (Wildman–Crippen MR) is 153 cm³/mol. The fraction of sp³-hybridized carbons (Fsp3) is 1.00. The molecule has 0 rings (SSSR count). The van der Waals surface area contributed by atoms with Crippen LogP contribution in [-0.4, -0.2) is 30.7 Å². The minimum Gasteiger partial charge on any atom is -1.00 e. The molecule has 0 saturated carbocycles. The van der Waals surface area contributed by atoms with Gasteiger partial charge in [-0.25, -0.2) is 0 Å². The van der Waals surface area contributed by atoms with Crippen molar-refractivity contribution in [3.05, 3.63) is 0 Å². The van der Waals surface area contributed by atoms with Gasteiger partial charge in [0, 0.05) is 0 Å². The number of halogens is 1. The first kappa shape index (κ1) is 36.4. The zero-order valence-electron chi connectivity index (χ0n) is 24.6. The molecule has 208 valence electrons. The van der Waals surface area contributed by atoms with Gasteiger partial charge in [-0.15, -0.1) is 0 Å². The first-order valence-corrected chi connectivity index (χ1v) is 16.1. The summed E-state index contributed by atoms with van der Waals surface area (Å²) < 4.78 is 1.44. The van der Waals surface area contributed by atoms with E-state index in [1.165, 1.54) is 185 Å². The lowest BCUT2D eigenvalue weighted by molar-refractivity contribution is -0.929. The van der Waals surface area contributed by atoms with Crippen LogP contribution in [0.4, 0.5) is 0 Å². The maximum absolute atomic E-state index is 2.37. The first-order valence-electron chi connectivity index (χ1n) is 16.1. The number of hydrogen-bond acceptors (Lipinski definition) is 0. The van der Waals surface area contributed by atoms with Crippen LogP contribution in [0, 0.1) is 0 Å². The Morgan fingerprint density at radius 2 is 0.471 bits per heavy atom. The van der Waals surface area contributed by atoms with E-state index in [2.05, 4.69) is 27.7 Å². The van der Waals surface area contributed by atoms with Crippen molar-refractivity contribution in [2.24, 2.45) is 0 Å². The number of quaternary nitrogens is 1. The van der Waals surface area contributed by atoms with Gasteiger partial charge in [0.2, 0.25) is 0 Å². The highest BCUT2D eigenvalue weighted by atomic mass is 35.5. The third-order valence-electron chi connectivity index (χ3n) is 7.94. The zero-order valence-corrected chi connectivity index (χ0v) is 25.4. The molecule has 0 aliphatic rings. The van der Waals surface area contributed by atoms with Gasteiger partial charge in [0.05, 0.1) is 26.2 Å². The second-order valence-corrected chi connectivity index (χ2v) is 11.3. The molecule has 34 heavy (non-hydrogen) atoms. The van der Waals surface area contributed by atoms with Crippen LogP contribution < -0.4 is 12.4 Å². The normalized spacial score (nSPS) is 11.6. The van der Waals surface area contributed by atoms with Crippen molar-refractivity contribution in [3.8, 4) is 0 Å². The molecule has 0 atom stereocenters. The van der Waals surface area contributed by atoms with Crippen molar-refractivity contribution in [2.75, 3.05) is 26.2 Å². The van der Waals surface area contributed by atoms with Gasteiger partial charge in [0.1, 0.15) is 0 Å². The Kier molecular flexibility index (Phi) is 31.6. The molecule has 0 aromatic heterocycles. The molecule has 0 amide bonds. The third-order valence-corrected chi connectivity index (χ3v) is 7.94. The molecule has 2 heteroatoms. The Morgan fingerprint density at radius 1 is 0.265 bits per heavy atom. The maximum Gasteiger partial charge on any atom is 0.0786 e. The minimum absolute atomic E-state index is 0. The Hall–Kier alpha value is 0.250. The fourth-order valence-electron chi connectivity index (χ4n) is 5.50. The average molecular weight is 502 g/mol. The van der Waals surface area contributed by atoms with Crippen LogP contribution in [-0.2, 0) is 0 Å². The lowest BCUT2D eigenvalue weighted by Crippen LogP contribution is -3.00. The molecule has 0 aliphatic carbocycles. The molecule has 0 unspecified atom stereocenters. The number of rotatable bonds is 28. The molecule has 0 N–H and O–H groups in total. The summed E-state index contributed by atoms with van der Waals surface area (Å²) in [4.78, 5) is 0. The van der Waals surface area contributed by atoms with Crippen molar-refractivity contribution in [1.29, 1.82) is 0 Å². The largest absolute Gasteiger partial charge is 1.00 e. The minimum atomic E-state index is 0. The van der Waals surface area contributed by atoms with Crippen molar-refractivity contribution in [1.82, 2.24) is 0 Å². The van der Waals surface area contributed by atoms with Gasteiger partial charge in [0.25, 0.3) is 0 Å². The van der Waals surface area contributed by atoms with Gasteiger partial charge < -0.3 is 16.9 Å². The van der Waals surface area contributed by atoms with Crippen LogP contribution in [0.3, 0.4) is 0 Å². The highest BCUT2D eigenvalue weighted by molar-refractivity contribution is 4.53. The topological polar surface area (TPSA) is 0 Å². The summed E-state index contributed by atoms with van der Waals surface area (Å²) in [6.07, 6.45) is 34.9. The molecule has 0 radical (unpaired) electrons. The summed E-state index contributed by atoms with van der Waals surface area (Å²) in [6, 6.07) is 0. The van der Waals surface area contributed by atoms with E-state index in [1.807, 2.05) is 0 Å². The van der Waals surface area contributed by atoms with E-state index in [4.69, 9.17) is 0 Å². The van der Waals surface area contributed by atoms with Gasteiger partial charge in [-0.3, -0.25) is 0 Å². The second-order valence-electron chi connectivity index (χ2n) is 11.3. The van der Waals surface area contributed by atoms with Crippen LogP contribution in [0.2, 0.25) is 0 Å². The van der Waals surface area contributed by atoms with E-state index in [0.717, 1.165) is 0 Å². The molecule has 1 nitrogen and oxygen atoms in total. The van der Waals surface area contributed by atoms with E-state index < -0.39 is 0 Å². The van der Waals surface area contributed by atoms with Gasteiger partial charge >= 0.3 is 0 Å². The number of hydrogen-bond donors (Lipinski definition) is 0. The zero-order chi connectivity index (χ0) is 24.3. The maximum atomic E-state index is 2.37. The Bertz CT molecular complexity index is 335. The van der Waals surface area contributed by atoms with Gasteiger partial charge in [-0.05, 0) is 32.1 Å². The summed E-state index contributed by atoms with van der Waals surface area (Å²) in [5.74, 6) is 0. The molecule has 0 saturated heterocycles. The lowest BCUT2D eigenvalue weighted by Gasteiger charge is -2.39. The SMILES string of the molecule is CCCCCCCCCCCCCCCCCCCC[N+](CCCC)(CCCC)CCCC.[Cl-]. The monoisotopic (exact) mass is 502 g/mol. The van der Waals surface area contributed by atoms with E-state index in [0.29, 0.717) is 0 Å². The molecule has 0 spiro atoms. The quantitative estimate of drug-likeness (QED) is 0.0747. The second kappa shape index (κ2) is 29.5. The summed E-state index contributed by atoms with van der Waals surface area (Å²) >= 11 is 0. The van der Waals surface area contributed by atoms with Crippen molar-refractivity contribution in [3.63, 3.8) is 0 Å². The van der Waals surface area contributed by atoms with Gasteiger partial charge in [-0.2, -0.15) is 0 Å². The lowest BCUT2D eigenvalue weighted by atomic mass is 10.0. The Morgan fingerprint density at radius 3 is 0.735 bits per heavy atom. The van der Waals surface area contributed by atoms with Crippen LogP contribution in [0.25, 0.3) is 0 Å². The summed E-state index contributed by atoms with van der Waals surface area (Å²) in [7, 11) is 0. The van der Waals surface area contributed by atoms with Crippen LogP contribution in [0.1, 0.15) is 182 Å². The third kappa shape index (κ3) is 24.0. The molecule has 0 bridgehead atoms.